The lowest BCUT2D eigenvalue weighted by molar-refractivity contribution is 0.185. The van der Waals surface area contributed by atoms with Crippen LogP contribution in [0.5, 0.6) is 0 Å². The van der Waals surface area contributed by atoms with E-state index in [0.717, 1.165) is 13.2 Å². The summed E-state index contributed by atoms with van der Waals surface area (Å²) in [5, 5.41) is 0. The van der Waals surface area contributed by atoms with Crippen molar-refractivity contribution in [2.45, 2.75) is 12.8 Å². The van der Waals surface area contributed by atoms with Gasteiger partial charge in [0, 0.05) is 11.8 Å². The average molecular weight is 290 g/mol. The third-order valence-corrected chi connectivity index (χ3v) is 4.21. The Balaban J connectivity index is 1.92. The summed E-state index contributed by atoms with van der Waals surface area (Å²) >= 11 is 0. The summed E-state index contributed by atoms with van der Waals surface area (Å²) in [5.41, 5.74) is 3.99. The van der Waals surface area contributed by atoms with Crippen LogP contribution in [0.25, 0.3) is 6.08 Å². The Hall–Kier alpha value is -2.12. The first-order valence-corrected chi connectivity index (χ1v) is 7.89. The zero-order chi connectivity index (χ0) is 15.2. The fourth-order valence-electron chi connectivity index (χ4n) is 3.12. The lowest BCUT2D eigenvalue weighted by Gasteiger charge is -2.21. The fourth-order valence-corrected chi connectivity index (χ4v) is 3.12. The molecule has 0 N–H and O–H groups in total. The van der Waals surface area contributed by atoms with Crippen LogP contribution in [0.15, 0.2) is 78.4 Å². The largest absolute Gasteiger partial charge is 0.376 e. The van der Waals surface area contributed by atoms with E-state index in [0.29, 0.717) is 11.8 Å². The van der Waals surface area contributed by atoms with E-state index < -0.39 is 0 Å². The van der Waals surface area contributed by atoms with Crippen LogP contribution in [-0.4, -0.2) is 13.2 Å². The van der Waals surface area contributed by atoms with Gasteiger partial charge in [-0.05, 0) is 23.6 Å². The highest BCUT2D eigenvalue weighted by atomic mass is 16.5. The van der Waals surface area contributed by atoms with Crippen LogP contribution in [0.1, 0.15) is 24.0 Å². The van der Waals surface area contributed by atoms with E-state index in [9.17, 15) is 0 Å². The monoisotopic (exact) mass is 290 g/mol. The summed E-state index contributed by atoms with van der Waals surface area (Å²) in [6.07, 6.45) is 6.74. The number of hydrogen-bond acceptors (Lipinski definition) is 1. The molecule has 0 radical (unpaired) electrons. The van der Waals surface area contributed by atoms with Crippen LogP contribution in [0.4, 0.5) is 0 Å². The molecule has 3 rings (SSSR count). The van der Waals surface area contributed by atoms with E-state index in [1.54, 1.807) is 0 Å². The minimum absolute atomic E-state index is 0.378. The molecule has 112 valence electrons. The smallest absolute Gasteiger partial charge is 0.0684 e. The predicted molar refractivity (Wildman–Crippen MR) is 92.7 cm³/mol. The van der Waals surface area contributed by atoms with Crippen molar-refractivity contribution in [1.29, 1.82) is 0 Å². The van der Waals surface area contributed by atoms with Crippen molar-refractivity contribution >= 4 is 6.08 Å². The van der Waals surface area contributed by atoms with Crippen LogP contribution >= 0.6 is 0 Å². The molecule has 2 unspecified atom stereocenters. The third-order valence-electron chi connectivity index (χ3n) is 4.21. The van der Waals surface area contributed by atoms with Gasteiger partial charge >= 0.3 is 0 Å². The van der Waals surface area contributed by atoms with Gasteiger partial charge in [0.1, 0.15) is 0 Å². The minimum atomic E-state index is 0.378. The maximum absolute atomic E-state index is 5.79. The Kier molecular flexibility index (Phi) is 4.87. The molecule has 0 aromatic heterocycles. The van der Waals surface area contributed by atoms with E-state index in [4.69, 9.17) is 4.74 Å². The lowest BCUT2D eigenvalue weighted by atomic mass is 9.82. The lowest BCUT2D eigenvalue weighted by Crippen LogP contribution is -2.13. The summed E-state index contributed by atoms with van der Waals surface area (Å²) in [7, 11) is 0. The molecule has 22 heavy (non-hydrogen) atoms. The molecule has 2 aromatic rings. The Morgan fingerprint density at radius 3 is 2.36 bits per heavy atom. The molecule has 1 fully saturated rings. The second-order valence-electron chi connectivity index (χ2n) is 5.71. The zero-order valence-corrected chi connectivity index (χ0v) is 13.0. The molecule has 1 heteroatoms. The van der Waals surface area contributed by atoms with Crippen LogP contribution in [0, 0.1) is 5.92 Å². The molecule has 1 aliphatic heterocycles. The standard InChI is InChI=1S/C21H22O/c1-2-9-20(18-12-7-4-8-13-18)21-16-22-15-19(21)14-17-10-5-3-6-11-17/h2-14,20-21H,15-16H2,1H3/b9-2+,19-14+. The fraction of sp³-hybridized carbons (Fsp3) is 0.238. The van der Waals surface area contributed by atoms with Crippen molar-refractivity contribution < 1.29 is 4.74 Å². The van der Waals surface area contributed by atoms with Crippen molar-refractivity contribution in [2.24, 2.45) is 5.92 Å². The quantitative estimate of drug-likeness (QED) is 0.714. The topological polar surface area (TPSA) is 9.23 Å². The third kappa shape index (κ3) is 3.37. The van der Waals surface area contributed by atoms with Gasteiger partial charge in [0.25, 0.3) is 0 Å². The van der Waals surface area contributed by atoms with Crippen LogP contribution in [0.3, 0.4) is 0 Å². The molecule has 1 nitrogen and oxygen atoms in total. The molecule has 0 spiro atoms. The van der Waals surface area contributed by atoms with Gasteiger partial charge in [-0.3, -0.25) is 0 Å². The molecule has 0 bridgehead atoms. The number of ether oxygens (including phenoxy) is 1. The van der Waals surface area contributed by atoms with Gasteiger partial charge in [0.05, 0.1) is 13.2 Å². The van der Waals surface area contributed by atoms with Crippen molar-refractivity contribution in [1.82, 2.24) is 0 Å². The molecule has 1 heterocycles. The van der Waals surface area contributed by atoms with Gasteiger partial charge in [0.2, 0.25) is 0 Å². The van der Waals surface area contributed by atoms with Gasteiger partial charge in [0.15, 0.2) is 0 Å². The van der Waals surface area contributed by atoms with Gasteiger partial charge in [-0.25, -0.2) is 0 Å². The second-order valence-corrected chi connectivity index (χ2v) is 5.71. The predicted octanol–water partition coefficient (Wildman–Crippen LogP) is 5.08. The second kappa shape index (κ2) is 7.24. The van der Waals surface area contributed by atoms with Gasteiger partial charge in [-0.2, -0.15) is 0 Å². The van der Waals surface area contributed by atoms with Crippen molar-refractivity contribution in [3.63, 3.8) is 0 Å². The molecule has 1 saturated heterocycles. The summed E-state index contributed by atoms with van der Waals surface area (Å²) in [6, 6.07) is 21.2. The van der Waals surface area contributed by atoms with Gasteiger partial charge in [-0.15, -0.1) is 0 Å². The summed E-state index contributed by atoms with van der Waals surface area (Å²) < 4.78 is 5.79. The summed E-state index contributed by atoms with van der Waals surface area (Å²) in [5.74, 6) is 0.794. The van der Waals surface area contributed by atoms with E-state index in [2.05, 4.69) is 85.8 Å². The van der Waals surface area contributed by atoms with Crippen LogP contribution in [-0.2, 0) is 4.74 Å². The van der Waals surface area contributed by atoms with E-state index in [-0.39, 0.29) is 0 Å². The van der Waals surface area contributed by atoms with E-state index in [1.807, 2.05) is 0 Å². The Morgan fingerprint density at radius 2 is 1.68 bits per heavy atom. The Bertz CT molecular complexity index is 640. The summed E-state index contributed by atoms with van der Waals surface area (Å²) in [6.45, 7) is 3.62. The molecule has 0 saturated carbocycles. The highest BCUT2D eigenvalue weighted by Crippen LogP contribution is 2.36. The summed E-state index contributed by atoms with van der Waals surface area (Å²) in [4.78, 5) is 0. The molecule has 0 amide bonds. The maximum atomic E-state index is 5.79. The van der Waals surface area contributed by atoms with E-state index in [1.165, 1.54) is 16.7 Å². The molecule has 2 atom stereocenters. The first-order valence-electron chi connectivity index (χ1n) is 7.89. The van der Waals surface area contributed by atoms with Crippen molar-refractivity contribution in [2.75, 3.05) is 13.2 Å². The molecular formula is C21H22O. The van der Waals surface area contributed by atoms with Crippen LogP contribution < -0.4 is 0 Å². The van der Waals surface area contributed by atoms with Crippen LogP contribution in [0.2, 0.25) is 0 Å². The molecule has 0 aliphatic carbocycles. The highest BCUT2D eigenvalue weighted by Gasteiger charge is 2.29. The molecule has 2 aromatic carbocycles. The highest BCUT2D eigenvalue weighted by molar-refractivity contribution is 5.55. The Labute approximate surface area is 133 Å². The average Bonchev–Trinajstić information content (AvgIpc) is 3.02. The first kappa shape index (κ1) is 14.8. The number of allylic oxidation sites excluding steroid dienone is 2. The minimum Gasteiger partial charge on any atom is -0.376 e. The first-order chi connectivity index (χ1) is 10.9. The number of hydrogen-bond donors (Lipinski definition) is 0. The number of rotatable bonds is 4. The number of benzene rings is 2. The Morgan fingerprint density at radius 1 is 1.00 bits per heavy atom. The van der Waals surface area contributed by atoms with Crippen molar-refractivity contribution in [3.05, 3.63) is 89.5 Å². The van der Waals surface area contributed by atoms with Gasteiger partial charge < -0.3 is 4.74 Å². The molecular weight excluding hydrogens is 268 g/mol. The van der Waals surface area contributed by atoms with Gasteiger partial charge in [-0.1, -0.05) is 78.9 Å². The van der Waals surface area contributed by atoms with E-state index >= 15 is 0 Å². The molecule has 1 aliphatic rings. The SMILES string of the molecule is C/C=C/C(c1ccccc1)C1COC/C1=C\c1ccccc1. The zero-order valence-electron chi connectivity index (χ0n) is 13.0. The normalized spacial score (nSPS) is 21.5. The van der Waals surface area contributed by atoms with Crippen molar-refractivity contribution in [3.8, 4) is 0 Å². The maximum Gasteiger partial charge on any atom is 0.0684 e.